The van der Waals surface area contributed by atoms with Crippen molar-refractivity contribution in [2.24, 2.45) is 26.6 Å². The highest BCUT2D eigenvalue weighted by atomic mass is 19.1. The lowest BCUT2D eigenvalue weighted by Gasteiger charge is -2.25. The quantitative estimate of drug-likeness (QED) is 0.777. The van der Waals surface area contributed by atoms with Gasteiger partial charge in [-0.1, -0.05) is 0 Å². The van der Waals surface area contributed by atoms with E-state index in [0.29, 0.717) is 29.4 Å². The van der Waals surface area contributed by atoms with Crippen LogP contribution in [0.25, 0.3) is 0 Å². The lowest BCUT2D eigenvalue weighted by atomic mass is 10.0. The lowest BCUT2D eigenvalue weighted by molar-refractivity contribution is 0.478. The summed E-state index contributed by atoms with van der Waals surface area (Å²) >= 11 is 0. The number of hydrogen-bond donors (Lipinski definition) is 2. The zero-order chi connectivity index (χ0) is 17.6. The largest absolute Gasteiger partial charge is 0.458 e. The maximum atomic E-state index is 13.5. The van der Waals surface area contributed by atoms with Gasteiger partial charge in [-0.2, -0.15) is 9.98 Å². The topological polar surface area (TPSA) is 105 Å². The van der Waals surface area contributed by atoms with Gasteiger partial charge in [0.05, 0.1) is 5.69 Å². The molecule has 2 aromatic rings. The van der Waals surface area contributed by atoms with E-state index in [-0.39, 0.29) is 11.8 Å². The average Bonchev–Trinajstić information content (AvgIpc) is 3.02. The molecule has 2 aliphatic rings. The number of allylic oxidation sites excluding steroid dienone is 1. The normalized spacial score (nSPS) is 19.6. The molecule has 0 amide bonds. The number of benzene rings is 1. The molecule has 25 heavy (non-hydrogen) atoms. The second-order valence-electron chi connectivity index (χ2n) is 5.74. The zero-order valence-corrected chi connectivity index (χ0v) is 13.4. The molecule has 0 radical (unpaired) electrons. The molecule has 7 nitrogen and oxygen atoms in total. The summed E-state index contributed by atoms with van der Waals surface area (Å²) in [6, 6.07) is 8.04. The number of nitrogens with zero attached hydrogens (tertiary/aromatic N) is 4. The molecule has 3 heterocycles. The van der Waals surface area contributed by atoms with Gasteiger partial charge < -0.3 is 10.2 Å². The smallest absolute Gasteiger partial charge is 0.224 e. The summed E-state index contributed by atoms with van der Waals surface area (Å²) in [4.78, 5) is 12.7. The standard InChI is InChI=1S/C17H15FN6O/c1-9-2-5-14(25-9)16-23-17(19)22-15(24(16)20)11-6-10-7-12(18)3-4-13(10)21-8-11/h2-5,7-8H,6,20H2,1H3,(H2,19,22)/b15-11-. The Bertz CT molecular complexity index is 985. The predicted molar refractivity (Wildman–Crippen MR) is 92.9 cm³/mol. The molecular formula is C17H15FN6O. The van der Waals surface area contributed by atoms with Crippen molar-refractivity contribution in [1.29, 1.82) is 0 Å². The summed E-state index contributed by atoms with van der Waals surface area (Å²) < 4.78 is 19.1. The van der Waals surface area contributed by atoms with Crippen LogP contribution in [0.1, 0.15) is 17.1 Å². The predicted octanol–water partition coefficient (Wildman–Crippen LogP) is 2.15. The van der Waals surface area contributed by atoms with Gasteiger partial charge in [-0.25, -0.2) is 15.2 Å². The van der Waals surface area contributed by atoms with Crippen LogP contribution in [0.15, 0.2) is 61.1 Å². The van der Waals surface area contributed by atoms with Crippen molar-refractivity contribution in [3.8, 4) is 0 Å². The molecule has 0 saturated heterocycles. The highest BCUT2D eigenvalue weighted by Gasteiger charge is 2.26. The lowest BCUT2D eigenvalue weighted by Crippen LogP contribution is -2.42. The van der Waals surface area contributed by atoms with Crippen LogP contribution in [0.4, 0.5) is 10.1 Å². The summed E-state index contributed by atoms with van der Waals surface area (Å²) in [6.45, 7) is 1.82. The van der Waals surface area contributed by atoms with Crippen molar-refractivity contribution < 1.29 is 8.81 Å². The second kappa shape index (κ2) is 5.67. The number of aliphatic imine (C=N–C) groups is 3. The van der Waals surface area contributed by atoms with Crippen LogP contribution in [0.5, 0.6) is 0 Å². The first-order valence-corrected chi connectivity index (χ1v) is 7.61. The molecule has 0 aliphatic carbocycles. The highest BCUT2D eigenvalue weighted by molar-refractivity contribution is 6.07. The number of rotatable bonds is 1. The third-order valence-electron chi connectivity index (χ3n) is 3.93. The number of hydrazine groups is 1. The fraction of sp³-hybridized carbons (Fsp3) is 0.118. The summed E-state index contributed by atoms with van der Waals surface area (Å²) in [5.74, 6) is 7.90. The number of guanidine groups is 1. The third-order valence-corrected chi connectivity index (χ3v) is 3.93. The van der Waals surface area contributed by atoms with E-state index in [9.17, 15) is 4.39 Å². The van der Waals surface area contributed by atoms with Crippen molar-refractivity contribution in [3.05, 3.63) is 64.6 Å². The molecule has 2 aliphatic heterocycles. The number of fused-ring (bicyclic) bond motifs is 1. The van der Waals surface area contributed by atoms with Gasteiger partial charge in [-0.05, 0) is 42.8 Å². The van der Waals surface area contributed by atoms with E-state index < -0.39 is 0 Å². The molecule has 4 rings (SSSR count). The molecule has 0 fully saturated rings. The van der Waals surface area contributed by atoms with Crippen molar-refractivity contribution in [1.82, 2.24) is 5.01 Å². The van der Waals surface area contributed by atoms with Gasteiger partial charge in [-0.15, -0.1) is 0 Å². The minimum Gasteiger partial charge on any atom is -0.458 e. The highest BCUT2D eigenvalue weighted by Crippen LogP contribution is 2.29. The Hall–Kier alpha value is -3.26. The Kier molecular flexibility index (Phi) is 3.47. The summed E-state index contributed by atoms with van der Waals surface area (Å²) in [6.07, 6.45) is 2.09. The molecular weight excluding hydrogens is 323 g/mol. The van der Waals surface area contributed by atoms with E-state index in [0.717, 1.165) is 17.0 Å². The van der Waals surface area contributed by atoms with Crippen molar-refractivity contribution >= 4 is 23.7 Å². The van der Waals surface area contributed by atoms with E-state index in [2.05, 4.69) is 15.0 Å². The van der Waals surface area contributed by atoms with E-state index >= 15 is 0 Å². The summed E-state index contributed by atoms with van der Waals surface area (Å²) in [7, 11) is 0. The molecule has 0 saturated carbocycles. The van der Waals surface area contributed by atoms with Gasteiger partial charge in [0.2, 0.25) is 5.96 Å². The Labute approximate surface area is 142 Å². The van der Waals surface area contributed by atoms with Crippen LogP contribution < -0.4 is 11.6 Å². The van der Waals surface area contributed by atoms with Gasteiger partial charge in [0.15, 0.2) is 17.4 Å². The van der Waals surface area contributed by atoms with Crippen LogP contribution in [-0.2, 0) is 6.42 Å². The SMILES string of the molecule is Cc1ccc(C2=NC(N)=N/C(=C3/C=Nc4ccc(F)cc4C3)N2N)o1. The summed E-state index contributed by atoms with van der Waals surface area (Å²) in [5.41, 5.74) is 8.03. The van der Waals surface area contributed by atoms with Crippen molar-refractivity contribution in [2.75, 3.05) is 0 Å². The number of halogens is 1. The zero-order valence-electron chi connectivity index (χ0n) is 13.4. The van der Waals surface area contributed by atoms with E-state index in [1.807, 2.05) is 13.0 Å². The Balaban J connectivity index is 1.76. The molecule has 1 aromatic carbocycles. The first kappa shape index (κ1) is 15.3. The number of hydrogen-bond acceptors (Lipinski definition) is 7. The number of nitrogens with two attached hydrogens (primary N) is 2. The molecule has 8 heteroatoms. The fourth-order valence-corrected chi connectivity index (χ4v) is 2.76. The van der Waals surface area contributed by atoms with Crippen LogP contribution in [0.2, 0.25) is 0 Å². The second-order valence-corrected chi connectivity index (χ2v) is 5.74. The fourth-order valence-electron chi connectivity index (χ4n) is 2.76. The van der Waals surface area contributed by atoms with Gasteiger partial charge in [-0.3, -0.25) is 4.99 Å². The van der Waals surface area contributed by atoms with Crippen LogP contribution in [-0.4, -0.2) is 23.0 Å². The number of furan rings is 1. The molecule has 0 atom stereocenters. The Morgan fingerprint density at radius 1 is 1.20 bits per heavy atom. The third kappa shape index (κ3) is 2.72. The van der Waals surface area contributed by atoms with Gasteiger partial charge in [0.25, 0.3) is 0 Å². The van der Waals surface area contributed by atoms with Crippen LogP contribution in [0.3, 0.4) is 0 Å². The Morgan fingerprint density at radius 2 is 2.04 bits per heavy atom. The molecule has 0 unspecified atom stereocenters. The van der Waals surface area contributed by atoms with E-state index in [1.165, 1.54) is 17.1 Å². The molecule has 4 N–H and O–H groups in total. The minimum absolute atomic E-state index is 0.0618. The molecule has 1 aromatic heterocycles. The van der Waals surface area contributed by atoms with Gasteiger partial charge in [0, 0.05) is 18.2 Å². The van der Waals surface area contributed by atoms with Crippen molar-refractivity contribution in [2.45, 2.75) is 13.3 Å². The maximum absolute atomic E-state index is 13.5. The minimum atomic E-state index is -0.315. The molecule has 0 bridgehead atoms. The monoisotopic (exact) mass is 338 g/mol. The van der Waals surface area contributed by atoms with E-state index in [4.69, 9.17) is 16.0 Å². The van der Waals surface area contributed by atoms with Gasteiger partial charge >= 0.3 is 0 Å². The van der Waals surface area contributed by atoms with E-state index in [1.54, 1.807) is 18.3 Å². The number of aryl methyl sites for hydroxylation is 1. The van der Waals surface area contributed by atoms with Crippen molar-refractivity contribution in [3.63, 3.8) is 0 Å². The maximum Gasteiger partial charge on any atom is 0.224 e. The first-order valence-electron chi connectivity index (χ1n) is 7.61. The molecule has 0 spiro atoms. The Morgan fingerprint density at radius 3 is 2.80 bits per heavy atom. The number of amidine groups is 1. The summed E-state index contributed by atoms with van der Waals surface area (Å²) in [5, 5.41) is 1.31. The average molecular weight is 338 g/mol. The van der Waals surface area contributed by atoms with Crippen LogP contribution >= 0.6 is 0 Å². The molecule has 126 valence electrons. The first-order chi connectivity index (χ1) is 12.0. The van der Waals surface area contributed by atoms with Gasteiger partial charge in [0.1, 0.15) is 11.6 Å². The van der Waals surface area contributed by atoms with Crippen LogP contribution in [0, 0.1) is 12.7 Å².